The van der Waals surface area contributed by atoms with Gasteiger partial charge in [0.2, 0.25) is 5.91 Å². The van der Waals surface area contributed by atoms with Crippen LogP contribution in [0, 0.1) is 11.3 Å². The van der Waals surface area contributed by atoms with Gasteiger partial charge in [0.05, 0.1) is 32.5 Å². The highest BCUT2D eigenvalue weighted by molar-refractivity contribution is 5.88. The minimum absolute atomic E-state index is 0.183. The van der Waals surface area contributed by atoms with E-state index in [4.69, 9.17) is 19.5 Å². The molecule has 1 fully saturated rings. The Morgan fingerprint density at radius 2 is 1.93 bits per heavy atom. The van der Waals surface area contributed by atoms with Gasteiger partial charge in [0.25, 0.3) is 0 Å². The Kier molecular flexibility index (Phi) is 7.47. The molecule has 0 spiro atoms. The van der Waals surface area contributed by atoms with Crippen LogP contribution < -0.4 is 14.8 Å². The highest BCUT2D eigenvalue weighted by Gasteiger charge is 2.41. The normalized spacial score (nSPS) is 15.3. The number of carbonyl (C=O) groups is 2. The number of nitriles is 1. The minimum Gasteiger partial charge on any atom is -0.493 e. The van der Waals surface area contributed by atoms with E-state index in [1.165, 1.54) is 14.2 Å². The predicted molar refractivity (Wildman–Crippen MR) is 98.4 cm³/mol. The molecule has 7 heteroatoms. The van der Waals surface area contributed by atoms with E-state index in [0.717, 1.165) is 19.3 Å². The average molecular weight is 374 g/mol. The van der Waals surface area contributed by atoms with Gasteiger partial charge in [-0.2, -0.15) is 5.26 Å². The molecule has 0 atom stereocenters. The van der Waals surface area contributed by atoms with E-state index >= 15 is 0 Å². The largest absolute Gasteiger partial charge is 0.493 e. The summed E-state index contributed by atoms with van der Waals surface area (Å²) in [5, 5.41) is 11.8. The molecule has 7 nitrogen and oxygen atoms in total. The summed E-state index contributed by atoms with van der Waals surface area (Å²) in [6, 6.07) is 6.96. The highest BCUT2D eigenvalue weighted by atomic mass is 16.5. The molecule has 1 amide bonds. The number of hydrogen-bond acceptors (Lipinski definition) is 6. The summed E-state index contributed by atoms with van der Waals surface area (Å²) in [5.74, 6) is 0.451. The van der Waals surface area contributed by atoms with Crippen LogP contribution in [-0.2, 0) is 14.3 Å². The number of benzene rings is 1. The lowest BCUT2D eigenvalue weighted by atomic mass is 9.81. The monoisotopic (exact) mass is 374 g/mol. The second-order valence-electron chi connectivity index (χ2n) is 6.61. The third-order valence-electron chi connectivity index (χ3n) is 4.76. The van der Waals surface area contributed by atoms with Crippen LogP contribution >= 0.6 is 0 Å². The molecule has 27 heavy (non-hydrogen) atoms. The van der Waals surface area contributed by atoms with Crippen LogP contribution in [0.1, 0.15) is 50.5 Å². The zero-order chi connectivity index (χ0) is 19.7. The molecular formula is C20H26N2O5. The van der Waals surface area contributed by atoms with Crippen LogP contribution in [0.2, 0.25) is 0 Å². The van der Waals surface area contributed by atoms with E-state index < -0.39 is 5.54 Å². The molecule has 146 valence electrons. The number of methoxy groups -OCH3 is 2. The van der Waals surface area contributed by atoms with Crippen molar-refractivity contribution in [1.29, 1.82) is 5.26 Å². The number of hydrogen-bond donors (Lipinski definition) is 1. The van der Waals surface area contributed by atoms with Crippen LogP contribution in [0.5, 0.6) is 11.5 Å². The Hall–Kier alpha value is -2.75. The molecule has 1 aromatic carbocycles. The maximum absolute atomic E-state index is 12.3. The van der Waals surface area contributed by atoms with E-state index in [-0.39, 0.29) is 18.3 Å². The third kappa shape index (κ3) is 5.36. The van der Waals surface area contributed by atoms with Gasteiger partial charge < -0.3 is 19.5 Å². The molecule has 0 radical (unpaired) electrons. The van der Waals surface area contributed by atoms with Crippen molar-refractivity contribution in [3.63, 3.8) is 0 Å². The molecule has 2 rings (SSSR count). The Labute approximate surface area is 159 Å². The fourth-order valence-electron chi connectivity index (χ4n) is 3.33. The number of nitrogens with one attached hydrogen (secondary N) is 1. The Morgan fingerprint density at radius 3 is 2.56 bits per heavy atom. The quantitative estimate of drug-likeness (QED) is 0.555. The average Bonchev–Trinajstić information content (AvgIpc) is 2.71. The first-order valence-electron chi connectivity index (χ1n) is 9.15. The van der Waals surface area contributed by atoms with Crippen LogP contribution in [-0.4, -0.2) is 38.2 Å². The van der Waals surface area contributed by atoms with Crippen molar-refractivity contribution in [2.45, 2.75) is 50.5 Å². The fraction of sp³-hybridized carbons (Fsp3) is 0.550. The fourth-order valence-corrected chi connectivity index (χ4v) is 3.33. The Morgan fingerprint density at radius 1 is 1.19 bits per heavy atom. The van der Waals surface area contributed by atoms with Gasteiger partial charge in [0.1, 0.15) is 5.54 Å². The summed E-state index contributed by atoms with van der Waals surface area (Å²) >= 11 is 0. The minimum atomic E-state index is -0.888. The van der Waals surface area contributed by atoms with E-state index in [1.54, 1.807) is 18.2 Å². The number of ether oxygens (including phenoxy) is 3. The molecule has 0 unspecified atom stereocenters. The van der Waals surface area contributed by atoms with Gasteiger partial charge in [-0.15, -0.1) is 0 Å². The summed E-state index contributed by atoms with van der Waals surface area (Å²) in [6.07, 6.45) is 4.83. The lowest BCUT2D eigenvalue weighted by Crippen LogP contribution is -2.56. The van der Waals surface area contributed by atoms with Crippen LogP contribution in [0.25, 0.3) is 0 Å². The van der Waals surface area contributed by atoms with Gasteiger partial charge >= 0.3 is 5.97 Å². The Balaban J connectivity index is 1.84. The van der Waals surface area contributed by atoms with Crippen molar-refractivity contribution in [3.8, 4) is 17.6 Å². The van der Waals surface area contributed by atoms with E-state index in [9.17, 15) is 9.59 Å². The molecule has 0 aromatic heterocycles. The first-order valence-corrected chi connectivity index (χ1v) is 9.15. The first-order chi connectivity index (χ1) is 13.0. The molecule has 1 aromatic rings. The van der Waals surface area contributed by atoms with E-state index in [2.05, 4.69) is 5.32 Å². The van der Waals surface area contributed by atoms with Crippen molar-refractivity contribution in [2.24, 2.45) is 0 Å². The van der Waals surface area contributed by atoms with Crippen LogP contribution in [0.15, 0.2) is 18.2 Å². The summed E-state index contributed by atoms with van der Waals surface area (Å²) in [5.41, 5.74) is -0.402. The van der Waals surface area contributed by atoms with Gasteiger partial charge in [-0.1, -0.05) is 19.3 Å². The van der Waals surface area contributed by atoms with Crippen molar-refractivity contribution in [1.82, 2.24) is 5.32 Å². The number of carbonyl (C=O) groups excluding carboxylic acids is 2. The van der Waals surface area contributed by atoms with E-state index in [1.807, 2.05) is 6.07 Å². The molecule has 0 bridgehead atoms. The molecule has 1 N–H and O–H groups in total. The number of rotatable bonds is 8. The topological polar surface area (TPSA) is 97.6 Å². The SMILES string of the molecule is COC(=O)C1(NC(=O)CCCOc2ccc(C#N)cc2OC)CCCCC1. The molecule has 0 heterocycles. The summed E-state index contributed by atoms with van der Waals surface area (Å²) in [7, 11) is 2.86. The predicted octanol–water partition coefficient (Wildman–Crippen LogP) is 2.72. The molecular weight excluding hydrogens is 348 g/mol. The molecule has 1 aliphatic carbocycles. The maximum atomic E-state index is 12.3. The highest BCUT2D eigenvalue weighted by Crippen LogP contribution is 2.30. The molecule has 1 aliphatic rings. The number of amides is 1. The molecule has 0 aliphatic heterocycles. The third-order valence-corrected chi connectivity index (χ3v) is 4.76. The van der Waals surface area contributed by atoms with Gasteiger partial charge in [-0.3, -0.25) is 4.79 Å². The standard InChI is InChI=1S/C20H26N2O5/c1-25-17-13-15(14-21)8-9-16(17)27-12-6-7-18(23)22-20(19(24)26-2)10-4-3-5-11-20/h8-9,13H,3-7,10-12H2,1-2H3,(H,22,23). The lowest BCUT2D eigenvalue weighted by Gasteiger charge is -2.35. The zero-order valence-corrected chi connectivity index (χ0v) is 15.9. The molecule has 1 saturated carbocycles. The number of nitrogens with zero attached hydrogens (tertiary/aromatic N) is 1. The van der Waals surface area contributed by atoms with Gasteiger partial charge in [-0.05, 0) is 31.4 Å². The lowest BCUT2D eigenvalue weighted by molar-refractivity contribution is -0.152. The van der Waals surface area contributed by atoms with Crippen LogP contribution in [0.4, 0.5) is 0 Å². The summed E-state index contributed by atoms with van der Waals surface area (Å²) in [6.45, 7) is 0.320. The van der Waals surface area contributed by atoms with Crippen LogP contribution in [0.3, 0.4) is 0 Å². The smallest absolute Gasteiger partial charge is 0.331 e. The van der Waals surface area contributed by atoms with Gasteiger partial charge in [-0.25, -0.2) is 4.79 Å². The van der Waals surface area contributed by atoms with Gasteiger partial charge in [0.15, 0.2) is 11.5 Å². The Bertz CT molecular complexity index is 705. The van der Waals surface area contributed by atoms with E-state index in [0.29, 0.717) is 42.9 Å². The zero-order valence-electron chi connectivity index (χ0n) is 15.9. The molecule has 0 saturated heterocycles. The van der Waals surface area contributed by atoms with Crippen molar-refractivity contribution in [2.75, 3.05) is 20.8 Å². The first kappa shape index (κ1) is 20.6. The van der Waals surface area contributed by atoms with Crippen molar-refractivity contribution in [3.05, 3.63) is 23.8 Å². The second kappa shape index (κ2) is 9.81. The van der Waals surface area contributed by atoms with Crippen molar-refractivity contribution < 1.29 is 23.8 Å². The summed E-state index contributed by atoms with van der Waals surface area (Å²) in [4.78, 5) is 24.5. The number of esters is 1. The summed E-state index contributed by atoms with van der Waals surface area (Å²) < 4.78 is 15.8. The van der Waals surface area contributed by atoms with Crippen molar-refractivity contribution >= 4 is 11.9 Å². The van der Waals surface area contributed by atoms with Gasteiger partial charge in [0, 0.05) is 12.5 Å². The maximum Gasteiger partial charge on any atom is 0.331 e. The second-order valence-corrected chi connectivity index (χ2v) is 6.61.